The molecule has 0 fully saturated rings. The smallest absolute Gasteiger partial charge is 0.00627 e. The SMILES string of the molecule is CC(C)(C[C@@]1(C)C=CCC1)P(c1ccccc1)c1ccccc1. The van der Waals surface area contributed by atoms with Crippen LogP contribution in [0.2, 0.25) is 0 Å². The number of rotatable bonds is 5. The van der Waals surface area contributed by atoms with Gasteiger partial charge in [0.1, 0.15) is 0 Å². The molecule has 0 N–H and O–H groups in total. The van der Waals surface area contributed by atoms with Crippen molar-refractivity contribution in [2.24, 2.45) is 5.41 Å². The summed E-state index contributed by atoms with van der Waals surface area (Å²) < 4.78 is 0. The minimum absolute atomic E-state index is 0.265. The first-order valence-electron chi connectivity index (χ1n) is 8.58. The zero-order valence-corrected chi connectivity index (χ0v) is 15.4. The predicted molar refractivity (Wildman–Crippen MR) is 104 cm³/mol. The standard InChI is InChI=1S/C22H27P/c1-21(2,18-22(3)16-10-11-17-22)23(19-12-6-4-7-13-19)20-14-8-5-9-15-20/h4-10,12-16H,11,17-18H2,1-3H3/t22-/m0/s1. The highest BCUT2D eigenvalue weighted by Crippen LogP contribution is 2.54. The van der Waals surface area contributed by atoms with E-state index in [9.17, 15) is 0 Å². The molecule has 0 saturated carbocycles. The van der Waals surface area contributed by atoms with Crippen molar-refractivity contribution < 1.29 is 0 Å². The number of hydrogen-bond donors (Lipinski definition) is 0. The molecule has 0 saturated heterocycles. The van der Waals surface area contributed by atoms with Crippen LogP contribution in [0.25, 0.3) is 0 Å². The third-order valence-electron chi connectivity index (χ3n) is 4.87. The maximum atomic E-state index is 2.47. The lowest BCUT2D eigenvalue weighted by molar-refractivity contribution is 0.345. The van der Waals surface area contributed by atoms with Gasteiger partial charge in [0.25, 0.3) is 0 Å². The second-order valence-corrected chi connectivity index (χ2v) is 10.5. The van der Waals surface area contributed by atoms with E-state index < -0.39 is 0 Å². The second-order valence-electron chi connectivity index (χ2n) is 7.59. The fraction of sp³-hybridized carbons (Fsp3) is 0.364. The first-order valence-corrected chi connectivity index (χ1v) is 9.92. The Morgan fingerprint density at radius 3 is 1.87 bits per heavy atom. The molecule has 0 radical (unpaired) electrons. The molecule has 0 unspecified atom stereocenters. The van der Waals surface area contributed by atoms with Crippen molar-refractivity contribution in [1.82, 2.24) is 0 Å². The topological polar surface area (TPSA) is 0 Å². The average Bonchev–Trinajstić information content (AvgIpc) is 2.94. The zero-order valence-electron chi connectivity index (χ0n) is 14.5. The van der Waals surface area contributed by atoms with Gasteiger partial charge in [-0.1, -0.05) is 93.6 Å². The Morgan fingerprint density at radius 2 is 1.43 bits per heavy atom. The zero-order chi connectivity index (χ0) is 16.3. The van der Waals surface area contributed by atoms with E-state index in [-0.39, 0.29) is 13.1 Å². The molecule has 1 aliphatic rings. The van der Waals surface area contributed by atoms with Crippen LogP contribution >= 0.6 is 7.92 Å². The summed E-state index contributed by atoms with van der Waals surface area (Å²) in [4.78, 5) is 0. The van der Waals surface area contributed by atoms with Crippen molar-refractivity contribution >= 4 is 18.5 Å². The largest absolute Gasteiger partial charge is 0.0880 e. The molecule has 2 aromatic carbocycles. The third-order valence-corrected chi connectivity index (χ3v) is 7.87. The van der Waals surface area contributed by atoms with Gasteiger partial charge in [-0.25, -0.2) is 0 Å². The van der Waals surface area contributed by atoms with Crippen LogP contribution in [0.3, 0.4) is 0 Å². The minimum atomic E-state index is -0.376. The minimum Gasteiger partial charge on any atom is -0.0880 e. The summed E-state index contributed by atoms with van der Waals surface area (Å²) in [5, 5.41) is 3.25. The van der Waals surface area contributed by atoms with E-state index in [2.05, 4.69) is 93.6 Å². The molecular formula is C22H27P. The molecule has 23 heavy (non-hydrogen) atoms. The molecule has 0 nitrogen and oxygen atoms in total. The van der Waals surface area contributed by atoms with Crippen LogP contribution < -0.4 is 10.6 Å². The average molecular weight is 322 g/mol. The second kappa shape index (κ2) is 6.62. The van der Waals surface area contributed by atoms with Crippen LogP contribution in [0.1, 0.15) is 40.0 Å². The van der Waals surface area contributed by atoms with E-state index in [1.54, 1.807) is 0 Å². The number of benzene rings is 2. The fourth-order valence-electron chi connectivity index (χ4n) is 4.08. The van der Waals surface area contributed by atoms with Crippen molar-refractivity contribution in [3.63, 3.8) is 0 Å². The van der Waals surface area contributed by atoms with E-state index >= 15 is 0 Å². The normalized spacial score (nSPS) is 21.0. The lowest BCUT2D eigenvalue weighted by Crippen LogP contribution is -2.34. The molecule has 1 atom stereocenters. The maximum Gasteiger partial charge on any atom is -0.00627 e. The van der Waals surface area contributed by atoms with Crippen molar-refractivity contribution in [2.75, 3.05) is 0 Å². The van der Waals surface area contributed by atoms with Gasteiger partial charge in [0.2, 0.25) is 0 Å². The first kappa shape index (κ1) is 16.5. The van der Waals surface area contributed by atoms with Crippen LogP contribution in [-0.2, 0) is 0 Å². The lowest BCUT2D eigenvalue weighted by Gasteiger charge is -2.41. The molecular weight excluding hydrogens is 295 g/mol. The summed E-state index contributed by atoms with van der Waals surface area (Å²) >= 11 is 0. The molecule has 120 valence electrons. The molecule has 2 aromatic rings. The quantitative estimate of drug-likeness (QED) is 0.493. The summed E-state index contributed by atoms with van der Waals surface area (Å²) in [7, 11) is -0.376. The van der Waals surface area contributed by atoms with Crippen LogP contribution in [-0.4, -0.2) is 5.16 Å². The molecule has 3 rings (SSSR count). The fourth-order valence-corrected chi connectivity index (χ4v) is 7.24. The van der Waals surface area contributed by atoms with E-state index in [1.807, 2.05) is 0 Å². The first-order chi connectivity index (χ1) is 11.0. The Balaban J connectivity index is 1.99. The number of allylic oxidation sites excluding steroid dienone is 2. The van der Waals surface area contributed by atoms with Gasteiger partial charge in [0, 0.05) is 0 Å². The third kappa shape index (κ3) is 3.75. The van der Waals surface area contributed by atoms with Crippen molar-refractivity contribution in [2.45, 2.75) is 45.2 Å². The van der Waals surface area contributed by atoms with Crippen LogP contribution in [0.4, 0.5) is 0 Å². The molecule has 0 spiro atoms. The molecule has 0 aromatic heterocycles. The van der Waals surface area contributed by atoms with E-state index in [1.165, 1.54) is 29.9 Å². The van der Waals surface area contributed by atoms with Gasteiger partial charge >= 0.3 is 0 Å². The van der Waals surface area contributed by atoms with Crippen LogP contribution in [0.15, 0.2) is 72.8 Å². The maximum absolute atomic E-state index is 2.47. The summed E-state index contributed by atoms with van der Waals surface area (Å²) in [5.74, 6) is 0. The molecule has 0 amide bonds. The van der Waals surface area contributed by atoms with Crippen molar-refractivity contribution in [3.8, 4) is 0 Å². The molecule has 0 bridgehead atoms. The van der Waals surface area contributed by atoms with E-state index in [0.717, 1.165) is 0 Å². The Bertz CT molecular complexity index is 617. The van der Waals surface area contributed by atoms with Gasteiger partial charge in [-0.2, -0.15) is 0 Å². The number of hydrogen-bond acceptors (Lipinski definition) is 0. The van der Waals surface area contributed by atoms with Crippen LogP contribution in [0, 0.1) is 5.41 Å². The van der Waals surface area contributed by atoms with Crippen molar-refractivity contribution in [3.05, 3.63) is 72.8 Å². The molecule has 1 heteroatoms. The van der Waals surface area contributed by atoms with Gasteiger partial charge in [-0.3, -0.25) is 0 Å². The van der Waals surface area contributed by atoms with Gasteiger partial charge < -0.3 is 0 Å². The van der Waals surface area contributed by atoms with Gasteiger partial charge in [0.15, 0.2) is 0 Å². The summed E-state index contributed by atoms with van der Waals surface area (Å²) in [6.45, 7) is 7.37. The monoisotopic (exact) mass is 322 g/mol. The van der Waals surface area contributed by atoms with Gasteiger partial charge in [-0.05, 0) is 48.4 Å². The highest BCUT2D eigenvalue weighted by Gasteiger charge is 2.38. The predicted octanol–water partition coefficient (Wildman–Crippen LogP) is 5.64. The Morgan fingerprint density at radius 1 is 0.913 bits per heavy atom. The Labute approximate surface area is 142 Å². The van der Waals surface area contributed by atoms with Crippen molar-refractivity contribution in [1.29, 1.82) is 0 Å². The Hall–Kier alpha value is -1.39. The van der Waals surface area contributed by atoms with Crippen LogP contribution in [0.5, 0.6) is 0 Å². The summed E-state index contributed by atoms with van der Waals surface area (Å²) in [6, 6.07) is 22.2. The summed E-state index contributed by atoms with van der Waals surface area (Å²) in [6.07, 6.45) is 8.60. The van der Waals surface area contributed by atoms with Gasteiger partial charge in [-0.15, -0.1) is 0 Å². The summed E-state index contributed by atoms with van der Waals surface area (Å²) in [5.41, 5.74) is 0.355. The highest BCUT2D eigenvalue weighted by atomic mass is 31.1. The van der Waals surface area contributed by atoms with Gasteiger partial charge in [0.05, 0.1) is 0 Å². The van der Waals surface area contributed by atoms with E-state index in [0.29, 0.717) is 5.41 Å². The molecule has 0 aliphatic heterocycles. The molecule has 0 heterocycles. The highest BCUT2D eigenvalue weighted by molar-refractivity contribution is 7.74. The lowest BCUT2D eigenvalue weighted by atomic mass is 9.81. The van der Waals surface area contributed by atoms with E-state index in [4.69, 9.17) is 0 Å². The molecule has 1 aliphatic carbocycles. The Kier molecular flexibility index (Phi) is 4.74.